The molecule has 0 aliphatic rings. The highest BCUT2D eigenvalue weighted by atomic mass is 16.1. The number of benzene rings is 1. The largest absolute Gasteiger partial charge is 0.382 e. The van der Waals surface area contributed by atoms with Gasteiger partial charge in [-0.1, -0.05) is 6.07 Å². The van der Waals surface area contributed by atoms with E-state index < -0.39 is 5.84 Å². The lowest BCUT2D eigenvalue weighted by Gasteiger charge is -2.17. The minimum atomic E-state index is -0.408. The van der Waals surface area contributed by atoms with Crippen LogP contribution in [0, 0.1) is 37.5 Å². The second kappa shape index (κ2) is 6.52. The number of carbonyl (C=O) groups is 1. The minimum absolute atomic E-state index is 0.166. The van der Waals surface area contributed by atoms with Crippen LogP contribution in [0.15, 0.2) is 11.2 Å². The molecular formula is C14H18N6O. The van der Waals surface area contributed by atoms with Gasteiger partial charge in [-0.25, -0.2) is 0 Å². The lowest BCUT2D eigenvalue weighted by atomic mass is 10.0. The summed E-state index contributed by atoms with van der Waals surface area (Å²) >= 11 is 0. The van der Waals surface area contributed by atoms with Gasteiger partial charge in [0.25, 0.3) is 0 Å². The van der Waals surface area contributed by atoms with E-state index in [1.165, 1.54) is 6.92 Å². The average molecular weight is 286 g/mol. The molecule has 110 valence electrons. The van der Waals surface area contributed by atoms with Crippen molar-refractivity contribution in [2.24, 2.45) is 10.8 Å². The fourth-order valence-corrected chi connectivity index (χ4v) is 1.98. The normalized spacial score (nSPS) is 10.7. The predicted octanol–water partition coefficient (Wildman–Crippen LogP) is 1.80. The molecule has 0 saturated carbocycles. The second-order valence-corrected chi connectivity index (χ2v) is 4.66. The molecule has 5 N–H and O–H groups in total. The van der Waals surface area contributed by atoms with Crippen molar-refractivity contribution in [3.05, 3.63) is 22.8 Å². The van der Waals surface area contributed by atoms with Crippen LogP contribution >= 0.6 is 0 Å². The lowest BCUT2D eigenvalue weighted by molar-refractivity contribution is -0.114. The Balaban J connectivity index is 3.28. The number of rotatable bonds is 4. The van der Waals surface area contributed by atoms with Gasteiger partial charge < -0.3 is 11.1 Å². The highest BCUT2D eigenvalue weighted by Gasteiger charge is 2.12. The Morgan fingerprint density at radius 2 is 1.90 bits per heavy atom. The summed E-state index contributed by atoms with van der Waals surface area (Å²) in [6.07, 6.45) is 0. The van der Waals surface area contributed by atoms with Crippen LogP contribution in [0.25, 0.3) is 0 Å². The molecule has 1 rings (SSSR count). The van der Waals surface area contributed by atoms with Crippen LogP contribution in [-0.4, -0.2) is 17.5 Å². The van der Waals surface area contributed by atoms with Gasteiger partial charge in [0.05, 0.1) is 5.69 Å². The molecule has 1 aromatic rings. The molecule has 7 nitrogen and oxygen atoms in total. The minimum Gasteiger partial charge on any atom is -0.382 e. The Morgan fingerprint density at radius 1 is 1.33 bits per heavy atom. The molecule has 1 amide bonds. The number of hydrogen-bond donors (Lipinski definition) is 4. The van der Waals surface area contributed by atoms with E-state index in [4.69, 9.17) is 16.4 Å². The van der Waals surface area contributed by atoms with Gasteiger partial charge in [-0.05, 0) is 37.5 Å². The van der Waals surface area contributed by atoms with Crippen LogP contribution in [0.5, 0.6) is 0 Å². The van der Waals surface area contributed by atoms with E-state index in [0.717, 1.165) is 16.7 Å². The van der Waals surface area contributed by atoms with Gasteiger partial charge in [0, 0.05) is 12.6 Å². The Labute approximate surface area is 123 Å². The molecule has 7 heteroatoms. The Bertz CT molecular complexity index is 669. The summed E-state index contributed by atoms with van der Waals surface area (Å²) in [7, 11) is 0. The van der Waals surface area contributed by atoms with Crippen LogP contribution in [0.3, 0.4) is 0 Å². The highest BCUT2D eigenvalue weighted by molar-refractivity contribution is 6.45. The van der Waals surface area contributed by atoms with E-state index in [2.05, 4.69) is 15.8 Å². The van der Waals surface area contributed by atoms with Gasteiger partial charge >= 0.3 is 0 Å². The van der Waals surface area contributed by atoms with Crippen molar-refractivity contribution in [3.63, 3.8) is 0 Å². The molecule has 0 aromatic heterocycles. The van der Waals surface area contributed by atoms with E-state index in [1.54, 1.807) is 6.07 Å². The second-order valence-electron chi connectivity index (χ2n) is 4.66. The molecule has 0 radical (unpaired) electrons. The number of nitrogens with one attached hydrogen (secondary N) is 3. The molecule has 0 bridgehead atoms. The zero-order chi connectivity index (χ0) is 16.2. The first-order valence-corrected chi connectivity index (χ1v) is 6.24. The van der Waals surface area contributed by atoms with Gasteiger partial charge in [-0.2, -0.15) is 10.4 Å². The molecular weight excluding hydrogens is 268 g/mol. The number of carbonyl (C=O) groups excluding carboxylic acids is 1. The van der Waals surface area contributed by atoms with Gasteiger partial charge in [-0.3, -0.25) is 15.6 Å². The monoisotopic (exact) mass is 286 g/mol. The first-order valence-electron chi connectivity index (χ1n) is 6.24. The fraction of sp³-hybridized carbons (Fsp3) is 0.286. The first-order chi connectivity index (χ1) is 9.77. The molecule has 0 fully saturated rings. The Kier molecular flexibility index (Phi) is 5.02. The number of nitrogens with two attached hydrogens (primary N) is 1. The third-order valence-electron chi connectivity index (χ3n) is 2.91. The Hall–Kier alpha value is -2.88. The molecule has 1 aromatic carbocycles. The summed E-state index contributed by atoms with van der Waals surface area (Å²) < 4.78 is 0. The summed E-state index contributed by atoms with van der Waals surface area (Å²) in [6.45, 7) is 7.06. The summed E-state index contributed by atoms with van der Waals surface area (Å²) in [5.74, 6) is -0.574. The van der Waals surface area contributed by atoms with E-state index in [0.29, 0.717) is 11.4 Å². The highest BCUT2D eigenvalue weighted by Crippen LogP contribution is 2.30. The zero-order valence-corrected chi connectivity index (χ0v) is 12.5. The van der Waals surface area contributed by atoms with Crippen molar-refractivity contribution in [3.8, 4) is 6.07 Å². The van der Waals surface area contributed by atoms with Crippen LogP contribution in [0.1, 0.15) is 23.6 Å². The molecule has 0 aliphatic carbocycles. The predicted molar refractivity (Wildman–Crippen MR) is 83.5 cm³/mol. The number of aryl methyl sites for hydroxylation is 2. The van der Waals surface area contributed by atoms with E-state index >= 15 is 0 Å². The average Bonchev–Trinajstić information content (AvgIpc) is 2.37. The quantitative estimate of drug-likeness (QED) is 0.382. The van der Waals surface area contributed by atoms with Gasteiger partial charge in [0.2, 0.25) is 11.6 Å². The van der Waals surface area contributed by atoms with Crippen molar-refractivity contribution >= 4 is 28.8 Å². The van der Waals surface area contributed by atoms with Crippen molar-refractivity contribution in [1.82, 2.24) is 0 Å². The number of anilines is 2. The first kappa shape index (κ1) is 16.2. The summed E-state index contributed by atoms with van der Waals surface area (Å²) in [4.78, 5) is 11.3. The summed E-state index contributed by atoms with van der Waals surface area (Å²) in [5.41, 5.74) is 11.8. The van der Waals surface area contributed by atoms with Crippen LogP contribution in [0.4, 0.5) is 11.4 Å². The number of hydrazone groups is 1. The summed E-state index contributed by atoms with van der Waals surface area (Å²) in [5, 5.41) is 22.7. The number of amidine groups is 1. The maximum atomic E-state index is 11.3. The molecule has 21 heavy (non-hydrogen) atoms. The SMILES string of the molecule is CC(=O)Nc1c(C)cc(C)c(N/N=C(\C#N)C(=N)N)c1C. The Morgan fingerprint density at radius 3 is 2.38 bits per heavy atom. The van der Waals surface area contributed by atoms with Gasteiger partial charge in [0.15, 0.2) is 5.84 Å². The maximum absolute atomic E-state index is 11.3. The molecule has 0 atom stereocenters. The molecule has 0 unspecified atom stereocenters. The molecule has 0 spiro atoms. The van der Waals surface area contributed by atoms with E-state index in [-0.39, 0.29) is 11.6 Å². The third kappa shape index (κ3) is 3.79. The number of nitriles is 1. The molecule has 0 aliphatic heterocycles. The topological polar surface area (TPSA) is 127 Å². The van der Waals surface area contributed by atoms with Crippen molar-refractivity contribution in [2.75, 3.05) is 10.7 Å². The van der Waals surface area contributed by atoms with Crippen LogP contribution < -0.4 is 16.5 Å². The smallest absolute Gasteiger partial charge is 0.221 e. The zero-order valence-electron chi connectivity index (χ0n) is 12.5. The number of nitrogens with zero attached hydrogens (tertiary/aromatic N) is 2. The molecule has 0 heterocycles. The fourth-order valence-electron chi connectivity index (χ4n) is 1.98. The number of hydrogen-bond acceptors (Lipinski definition) is 5. The number of amides is 1. The summed E-state index contributed by atoms with van der Waals surface area (Å²) in [6, 6.07) is 3.64. The van der Waals surface area contributed by atoms with Crippen molar-refractivity contribution < 1.29 is 4.79 Å². The van der Waals surface area contributed by atoms with Crippen LogP contribution in [-0.2, 0) is 4.79 Å². The van der Waals surface area contributed by atoms with Gasteiger partial charge in [-0.15, -0.1) is 0 Å². The van der Waals surface area contributed by atoms with Crippen molar-refractivity contribution in [1.29, 1.82) is 10.7 Å². The molecule has 0 saturated heterocycles. The maximum Gasteiger partial charge on any atom is 0.221 e. The third-order valence-corrected chi connectivity index (χ3v) is 2.91. The standard InChI is InChI=1S/C14H18N6O/c1-7-5-8(2)13(9(3)12(7)18-10(4)21)20-19-11(6-15)14(16)17/h5,20H,1-4H3,(H3,16,17)(H,18,21)/b19-11+. The van der Waals surface area contributed by atoms with Gasteiger partial charge in [0.1, 0.15) is 6.07 Å². The lowest BCUT2D eigenvalue weighted by Crippen LogP contribution is -2.22. The van der Waals surface area contributed by atoms with E-state index in [1.807, 2.05) is 26.8 Å². The van der Waals surface area contributed by atoms with E-state index in [9.17, 15) is 4.79 Å². The van der Waals surface area contributed by atoms with Crippen LogP contribution in [0.2, 0.25) is 0 Å². The van der Waals surface area contributed by atoms with Crippen molar-refractivity contribution in [2.45, 2.75) is 27.7 Å².